The van der Waals surface area contributed by atoms with Crippen LogP contribution < -0.4 is 10.6 Å². The van der Waals surface area contributed by atoms with E-state index in [0.717, 1.165) is 35.4 Å². The van der Waals surface area contributed by atoms with Gasteiger partial charge in [-0.25, -0.2) is 0 Å². The zero-order valence-corrected chi connectivity index (χ0v) is 15.8. The number of anilines is 1. The Morgan fingerprint density at radius 3 is 2.46 bits per heavy atom. The zero-order valence-electron chi connectivity index (χ0n) is 14.2. The molecule has 1 aromatic carbocycles. The Labute approximate surface area is 154 Å². The van der Waals surface area contributed by atoms with E-state index in [0.29, 0.717) is 37.4 Å². The predicted octanol–water partition coefficient (Wildman–Crippen LogP) is 3.63. The fourth-order valence-corrected chi connectivity index (χ4v) is 2.31. The SMILES string of the molecule is CC(C)CCOCCOCCNC(=S)Nc1ccc(SC#N)cc1. The molecule has 0 saturated heterocycles. The van der Waals surface area contributed by atoms with E-state index < -0.39 is 0 Å². The Bertz CT molecular complexity index is 516. The van der Waals surface area contributed by atoms with Crippen molar-refractivity contribution in [3.05, 3.63) is 24.3 Å². The van der Waals surface area contributed by atoms with Gasteiger partial charge in [-0.05, 0) is 60.6 Å². The summed E-state index contributed by atoms with van der Waals surface area (Å²) < 4.78 is 10.9. The standard InChI is InChI=1S/C17H25N3O2S2/c1-14(2)7-9-21-11-12-22-10-8-19-17(23)20-15-3-5-16(6-4-15)24-13-18/h3-6,14H,7-12H2,1-2H3,(H2,19,20,23). The van der Waals surface area contributed by atoms with Gasteiger partial charge in [0.1, 0.15) is 5.40 Å². The van der Waals surface area contributed by atoms with Crippen molar-refractivity contribution in [3.63, 3.8) is 0 Å². The van der Waals surface area contributed by atoms with Crippen LogP contribution in [0.1, 0.15) is 20.3 Å². The summed E-state index contributed by atoms with van der Waals surface area (Å²) in [7, 11) is 0. The maximum absolute atomic E-state index is 8.60. The topological polar surface area (TPSA) is 66.3 Å². The molecule has 5 nitrogen and oxygen atoms in total. The minimum Gasteiger partial charge on any atom is -0.379 e. The molecule has 0 saturated carbocycles. The molecule has 0 heterocycles. The summed E-state index contributed by atoms with van der Waals surface area (Å²) in [6, 6.07) is 7.53. The first kappa shape index (κ1) is 20.7. The number of hydrogen-bond donors (Lipinski definition) is 2. The number of nitrogens with one attached hydrogen (secondary N) is 2. The molecule has 0 unspecified atom stereocenters. The maximum Gasteiger partial charge on any atom is 0.170 e. The van der Waals surface area contributed by atoms with Crippen LogP contribution in [0.5, 0.6) is 0 Å². The van der Waals surface area contributed by atoms with Crippen LogP contribution in [0.2, 0.25) is 0 Å². The van der Waals surface area contributed by atoms with Crippen LogP contribution in [0.25, 0.3) is 0 Å². The van der Waals surface area contributed by atoms with Gasteiger partial charge in [-0.1, -0.05) is 13.8 Å². The molecular formula is C17H25N3O2S2. The highest BCUT2D eigenvalue weighted by molar-refractivity contribution is 8.03. The van der Waals surface area contributed by atoms with Crippen molar-refractivity contribution >= 4 is 34.8 Å². The van der Waals surface area contributed by atoms with Crippen LogP contribution in [0.3, 0.4) is 0 Å². The smallest absolute Gasteiger partial charge is 0.170 e. The summed E-state index contributed by atoms with van der Waals surface area (Å²) in [5.41, 5.74) is 0.884. The molecule has 24 heavy (non-hydrogen) atoms. The highest BCUT2D eigenvalue weighted by atomic mass is 32.2. The first-order valence-electron chi connectivity index (χ1n) is 7.98. The number of benzene rings is 1. The molecule has 0 bridgehead atoms. The Hall–Kier alpha value is -1.33. The largest absolute Gasteiger partial charge is 0.379 e. The number of thioether (sulfide) groups is 1. The first-order chi connectivity index (χ1) is 11.6. The molecule has 0 aliphatic heterocycles. The molecular weight excluding hydrogens is 342 g/mol. The number of thiocarbonyl (C=S) groups is 1. The summed E-state index contributed by atoms with van der Waals surface area (Å²) in [6.45, 7) is 7.59. The number of rotatable bonds is 11. The van der Waals surface area contributed by atoms with E-state index >= 15 is 0 Å². The van der Waals surface area contributed by atoms with E-state index in [1.54, 1.807) is 0 Å². The molecule has 0 radical (unpaired) electrons. The van der Waals surface area contributed by atoms with Crippen LogP contribution in [0.4, 0.5) is 5.69 Å². The van der Waals surface area contributed by atoms with Crippen molar-refractivity contribution in [3.8, 4) is 5.40 Å². The van der Waals surface area contributed by atoms with Crippen molar-refractivity contribution < 1.29 is 9.47 Å². The lowest BCUT2D eigenvalue weighted by Gasteiger charge is -2.11. The van der Waals surface area contributed by atoms with E-state index in [9.17, 15) is 0 Å². The van der Waals surface area contributed by atoms with Gasteiger partial charge in [0.05, 0.1) is 19.8 Å². The lowest BCUT2D eigenvalue weighted by atomic mass is 10.1. The Morgan fingerprint density at radius 2 is 1.83 bits per heavy atom. The summed E-state index contributed by atoms with van der Waals surface area (Å²) in [6.07, 6.45) is 1.08. The lowest BCUT2D eigenvalue weighted by molar-refractivity contribution is 0.0460. The third-order valence-corrected chi connectivity index (χ3v) is 3.86. The Kier molecular flexibility index (Phi) is 11.2. The number of thiocyanates is 1. The number of ether oxygens (including phenoxy) is 2. The van der Waals surface area contributed by atoms with Crippen molar-refractivity contribution in [2.24, 2.45) is 5.92 Å². The number of hydrogen-bond acceptors (Lipinski definition) is 5. The summed E-state index contributed by atoms with van der Waals surface area (Å²) in [5.74, 6) is 0.671. The van der Waals surface area contributed by atoms with Gasteiger partial charge in [0, 0.05) is 23.7 Å². The highest BCUT2D eigenvalue weighted by Gasteiger charge is 1.99. The van der Waals surface area contributed by atoms with Crippen LogP contribution >= 0.6 is 24.0 Å². The second-order valence-corrected chi connectivity index (χ2v) is 6.77. The zero-order chi connectivity index (χ0) is 17.6. The normalized spacial score (nSPS) is 10.4. The molecule has 0 aliphatic rings. The molecule has 0 spiro atoms. The molecule has 0 amide bonds. The molecule has 0 aliphatic carbocycles. The molecule has 0 aromatic heterocycles. The van der Waals surface area contributed by atoms with E-state index in [1.807, 2.05) is 29.7 Å². The van der Waals surface area contributed by atoms with Gasteiger partial charge < -0.3 is 20.1 Å². The molecule has 7 heteroatoms. The molecule has 1 aromatic rings. The Balaban J connectivity index is 2.03. The van der Waals surface area contributed by atoms with Gasteiger partial charge in [-0.2, -0.15) is 5.26 Å². The van der Waals surface area contributed by atoms with Gasteiger partial charge in [0.2, 0.25) is 0 Å². The average molecular weight is 368 g/mol. The minimum absolute atomic E-state index is 0.549. The maximum atomic E-state index is 8.60. The fraction of sp³-hybridized carbons (Fsp3) is 0.529. The van der Waals surface area contributed by atoms with E-state index in [2.05, 4.69) is 24.5 Å². The van der Waals surface area contributed by atoms with E-state index in [-0.39, 0.29) is 0 Å². The van der Waals surface area contributed by atoms with Crippen molar-refractivity contribution in [2.75, 3.05) is 38.3 Å². The average Bonchev–Trinajstić information content (AvgIpc) is 2.55. The van der Waals surface area contributed by atoms with Gasteiger partial charge in [0.25, 0.3) is 0 Å². The Morgan fingerprint density at radius 1 is 1.17 bits per heavy atom. The highest BCUT2D eigenvalue weighted by Crippen LogP contribution is 2.18. The van der Waals surface area contributed by atoms with Crippen LogP contribution in [0, 0.1) is 16.6 Å². The predicted molar refractivity (Wildman–Crippen MR) is 103 cm³/mol. The van der Waals surface area contributed by atoms with Gasteiger partial charge in [-0.15, -0.1) is 0 Å². The molecule has 132 valence electrons. The fourth-order valence-electron chi connectivity index (χ4n) is 1.71. The molecule has 2 N–H and O–H groups in total. The molecule has 0 atom stereocenters. The van der Waals surface area contributed by atoms with Crippen LogP contribution in [-0.4, -0.2) is 38.1 Å². The first-order valence-corrected chi connectivity index (χ1v) is 9.20. The summed E-state index contributed by atoms with van der Waals surface area (Å²) in [4.78, 5) is 0.908. The second-order valence-electron chi connectivity index (χ2n) is 5.51. The number of nitriles is 1. The number of nitrogens with zero attached hydrogens (tertiary/aromatic N) is 1. The van der Waals surface area contributed by atoms with Gasteiger partial charge in [-0.3, -0.25) is 0 Å². The molecule has 1 rings (SSSR count). The third kappa shape index (κ3) is 10.4. The quantitative estimate of drug-likeness (QED) is 0.268. The van der Waals surface area contributed by atoms with Crippen molar-refractivity contribution in [2.45, 2.75) is 25.2 Å². The third-order valence-electron chi connectivity index (χ3n) is 3.02. The van der Waals surface area contributed by atoms with Crippen molar-refractivity contribution in [1.82, 2.24) is 5.32 Å². The molecule has 0 fully saturated rings. The van der Waals surface area contributed by atoms with E-state index in [1.165, 1.54) is 0 Å². The van der Waals surface area contributed by atoms with Crippen LogP contribution in [0.15, 0.2) is 29.2 Å². The van der Waals surface area contributed by atoms with Crippen LogP contribution in [-0.2, 0) is 9.47 Å². The summed E-state index contributed by atoms with van der Waals surface area (Å²) in [5, 5.41) is 17.4. The minimum atomic E-state index is 0.549. The van der Waals surface area contributed by atoms with Crippen molar-refractivity contribution in [1.29, 1.82) is 5.26 Å². The van der Waals surface area contributed by atoms with E-state index in [4.69, 9.17) is 27.0 Å². The second kappa shape index (κ2) is 13.0. The van der Waals surface area contributed by atoms with Gasteiger partial charge >= 0.3 is 0 Å². The lowest BCUT2D eigenvalue weighted by Crippen LogP contribution is -2.31. The van der Waals surface area contributed by atoms with Gasteiger partial charge in [0.15, 0.2) is 5.11 Å². The monoisotopic (exact) mass is 367 g/mol. The summed E-state index contributed by atoms with van der Waals surface area (Å²) >= 11 is 6.35.